The minimum Gasteiger partial charge on any atom is -0.748 e. The van der Waals surface area contributed by atoms with Crippen molar-refractivity contribution >= 4 is 54.2 Å². The van der Waals surface area contributed by atoms with Crippen molar-refractivity contribution in [1.82, 2.24) is 0 Å². The molecule has 0 N–H and O–H groups in total. The number of hydrogen-bond donors (Lipinski definition) is 0. The molecule has 4 aromatic rings. The van der Waals surface area contributed by atoms with Gasteiger partial charge in [0.1, 0.15) is 4.70 Å². The van der Waals surface area contributed by atoms with Crippen LogP contribution >= 0.6 is 11.3 Å². The highest BCUT2D eigenvalue weighted by Gasteiger charge is 2.37. The first-order valence-corrected chi connectivity index (χ1v) is 14.1. The Bertz CT molecular complexity index is 1600. The molecule has 0 bridgehead atoms. The van der Waals surface area contributed by atoms with Gasteiger partial charge in [0.05, 0.1) is 15.5 Å². The van der Waals surface area contributed by atoms with Crippen LogP contribution in [-0.2, 0) is 22.1 Å². The topological polar surface area (TPSA) is 64.3 Å². The van der Waals surface area contributed by atoms with E-state index in [9.17, 15) is 13.0 Å². The molecule has 5 rings (SSSR count). The summed E-state index contributed by atoms with van der Waals surface area (Å²) in [5.74, 6) is -0.368. The zero-order valence-corrected chi connectivity index (χ0v) is 21.7. The summed E-state index contributed by atoms with van der Waals surface area (Å²) in [7, 11) is -2.15. The number of allylic oxidation sites excluding steroid dienone is 3. The molecular weight excluding hydrogens is 476 g/mol. The average Bonchev–Trinajstić information content (AvgIpc) is 3.26. The summed E-state index contributed by atoms with van der Waals surface area (Å²) in [5.41, 5.74) is 4.72. The second-order valence-electron chi connectivity index (χ2n) is 9.45. The lowest BCUT2D eigenvalue weighted by atomic mass is 9.84. The van der Waals surface area contributed by atoms with Gasteiger partial charge < -0.3 is 9.45 Å². The van der Waals surface area contributed by atoms with Crippen molar-refractivity contribution < 1.29 is 17.5 Å². The monoisotopic (exact) mass is 504 g/mol. The van der Waals surface area contributed by atoms with Crippen LogP contribution in [0.1, 0.15) is 30.8 Å². The Balaban J connectivity index is 1.56. The highest BCUT2D eigenvalue weighted by Crippen LogP contribution is 2.46. The number of likely N-dealkylation sites (N-methyl/N-ethyl adjacent to an activating group) is 1. The van der Waals surface area contributed by atoms with E-state index in [4.69, 9.17) is 0 Å². The van der Waals surface area contributed by atoms with E-state index in [2.05, 4.69) is 97.1 Å². The SMILES string of the molecule is CN1C(=CC=Cc2sc3ccc4ccccc4c3[n+]2CCCS(=O)(=O)[O-])C(C)(C)c2ccccc21. The predicted octanol–water partition coefficient (Wildman–Crippen LogP) is 5.60. The Morgan fingerprint density at radius 3 is 2.57 bits per heavy atom. The third kappa shape index (κ3) is 4.40. The smallest absolute Gasteiger partial charge is 0.262 e. The molecule has 0 saturated carbocycles. The van der Waals surface area contributed by atoms with E-state index < -0.39 is 10.1 Å². The van der Waals surface area contributed by atoms with E-state index >= 15 is 0 Å². The van der Waals surface area contributed by atoms with E-state index in [1.807, 2.05) is 12.1 Å². The highest BCUT2D eigenvalue weighted by molar-refractivity contribution is 7.85. The normalized spacial score (nSPS) is 16.7. The third-order valence-electron chi connectivity index (χ3n) is 6.82. The van der Waals surface area contributed by atoms with Crippen LogP contribution in [0.5, 0.6) is 0 Å². The molecule has 1 aliphatic rings. The number of thiazole rings is 1. The van der Waals surface area contributed by atoms with Crippen molar-refractivity contribution in [2.75, 3.05) is 17.7 Å². The Hall–Kier alpha value is -3.00. The summed E-state index contributed by atoms with van der Waals surface area (Å²) in [6, 6.07) is 20.9. The molecule has 1 aromatic heterocycles. The van der Waals surface area contributed by atoms with Crippen LogP contribution in [0.4, 0.5) is 5.69 Å². The third-order valence-corrected chi connectivity index (χ3v) is 8.73. The van der Waals surface area contributed by atoms with Gasteiger partial charge in [-0.2, -0.15) is 4.57 Å². The fourth-order valence-electron chi connectivity index (χ4n) is 5.14. The summed E-state index contributed by atoms with van der Waals surface area (Å²) in [5, 5.41) is 3.27. The van der Waals surface area contributed by atoms with Crippen LogP contribution in [0.3, 0.4) is 0 Å². The maximum Gasteiger partial charge on any atom is 0.262 e. The zero-order valence-electron chi connectivity index (χ0n) is 20.1. The van der Waals surface area contributed by atoms with Gasteiger partial charge in [0.25, 0.3) is 5.01 Å². The molecule has 0 atom stereocenters. The van der Waals surface area contributed by atoms with Crippen LogP contribution in [0.2, 0.25) is 0 Å². The van der Waals surface area contributed by atoms with E-state index in [1.54, 1.807) is 11.3 Å². The van der Waals surface area contributed by atoms with Gasteiger partial charge in [-0.25, -0.2) is 8.42 Å². The molecule has 0 unspecified atom stereocenters. The molecule has 2 heterocycles. The number of para-hydroxylation sites is 1. The van der Waals surface area contributed by atoms with Crippen molar-refractivity contribution in [3.63, 3.8) is 0 Å². The second-order valence-corrected chi connectivity index (χ2v) is 12.0. The second kappa shape index (κ2) is 8.90. The summed E-state index contributed by atoms with van der Waals surface area (Å²) in [6.45, 7) is 4.94. The highest BCUT2D eigenvalue weighted by atomic mass is 32.2. The quantitative estimate of drug-likeness (QED) is 0.253. The van der Waals surface area contributed by atoms with Gasteiger partial charge in [-0.15, -0.1) is 0 Å². The Morgan fingerprint density at radius 2 is 1.80 bits per heavy atom. The molecule has 3 aromatic carbocycles. The van der Waals surface area contributed by atoms with Crippen molar-refractivity contribution in [3.05, 3.63) is 89.1 Å². The molecule has 0 aliphatic carbocycles. The van der Waals surface area contributed by atoms with Gasteiger partial charge >= 0.3 is 0 Å². The maximum absolute atomic E-state index is 11.2. The fraction of sp³-hybridized carbons (Fsp3) is 0.250. The van der Waals surface area contributed by atoms with Gasteiger partial charge in [0.2, 0.25) is 5.52 Å². The summed E-state index contributed by atoms with van der Waals surface area (Å²) in [6.07, 6.45) is 6.60. The molecule has 0 radical (unpaired) electrons. The van der Waals surface area contributed by atoms with Crippen molar-refractivity contribution in [2.45, 2.75) is 32.2 Å². The number of hydrogen-bond acceptors (Lipinski definition) is 5. The maximum atomic E-state index is 11.2. The van der Waals surface area contributed by atoms with Gasteiger partial charge in [-0.3, -0.25) is 0 Å². The van der Waals surface area contributed by atoms with Crippen LogP contribution < -0.4 is 9.47 Å². The van der Waals surface area contributed by atoms with Crippen LogP contribution in [0, 0.1) is 0 Å². The lowest BCUT2D eigenvalue weighted by Gasteiger charge is -2.23. The van der Waals surface area contributed by atoms with E-state index in [0.717, 1.165) is 26.0 Å². The van der Waals surface area contributed by atoms with Crippen LogP contribution in [-0.4, -0.2) is 25.8 Å². The summed E-state index contributed by atoms with van der Waals surface area (Å²) < 4.78 is 37.0. The Labute approximate surface area is 210 Å². The molecule has 0 fully saturated rings. The number of fused-ring (bicyclic) bond motifs is 4. The minimum atomic E-state index is -4.25. The Morgan fingerprint density at radius 1 is 1.06 bits per heavy atom. The van der Waals surface area contributed by atoms with Crippen LogP contribution in [0.25, 0.3) is 27.1 Å². The molecule has 0 spiro atoms. The summed E-state index contributed by atoms with van der Waals surface area (Å²) >= 11 is 1.67. The molecule has 5 nitrogen and oxygen atoms in total. The van der Waals surface area contributed by atoms with Gasteiger partial charge in [0, 0.05) is 42.1 Å². The molecule has 35 heavy (non-hydrogen) atoms. The number of aryl methyl sites for hydroxylation is 1. The number of rotatable bonds is 6. The first-order chi connectivity index (χ1) is 16.7. The lowest BCUT2D eigenvalue weighted by Crippen LogP contribution is -2.36. The molecule has 1 aliphatic heterocycles. The lowest BCUT2D eigenvalue weighted by molar-refractivity contribution is -0.667. The first kappa shape index (κ1) is 23.7. The molecule has 0 amide bonds. The standard InChI is InChI=1S/C28H28N2O3S2/c1-28(2)22-12-6-7-13-23(22)29(3)25(28)14-8-15-26-30(18-9-19-35(31,32)33)27-21-11-5-4-10-20(21)16-17-24(27)34-26/h4-8,10-17H,9,18-19H2,1-3H3. The van der Waals surface area contributed by atoms with Crippen molar-refractivity contribution in [3.8, 4) is 0 Å². The number of benzene rings is 3. The van der Waals surface area contributed by atoms with Gasteiger partial charge in [-0.1, -0.05) is 73.7 Å². The van der Waals surface area contributed by atoms with Gasteiger partial charge in [-0.05, 0) is 35.2 Å². The summed E-state index contributed by atoms with van der Waals surface area (Å²) in [4.78, 5) is 2.24. The fourth-order valence-corrected chi connectivity index (χ4v) is 6.74. The first-order valence-electron chi connectivity index (χ1n) is 11.7. The number of nitrogens with zero attached hydrogens (tertiary/aromatic N) is 2. The number of aromatic nitrogens is 1. The minimum absolute atomic E-state index is 0.107. The van der Waals surface area contributed by atoms with E-state index in [0.29, 0.717) is 6.54 Å². The number of anilines is 1. The molecule has 180 valence electrons. The molecule has 0 saturated heterocycles. The van der Waals surface area contributed by atoms with Crippen LogP contribution in [0.15, 0.2) is 78.5 Å². The molecular formula is C28H28N2O3S2. The predicted molar refractivity (Wildman–Crippen MR) is 144 cm³/mol. The van der Waals surface area contributed by atoms with Crippen molar-refractivity contribution in [1.29, 1.82) is 0 Å². The zero-order chi connectivity index (χ0) is 24.8. The van der Waals surface area contributed by atoms with E-state index in [1.165, 1.54) is 16.9 Å². The van der Waals surface area contributed by atoms with Crippen molar-refractivity contribution in [2.24, 2.45) is 0 Å². The van der Waals surface area contributed by atoms with Gasteiger partial charge in [0.15, 0.2) is 6.54 Å². The Kier molecular flexibility index (Phi) is 6.03. The average molecular weight is 505 g/mol. The largest absolute Gasteiger partial charge is 0.748 e. The van der Waals surface area contributed by atoms with E-state index in [-0.39, 0.29) is 17.6 Å². The molecule has 7 heteroatoms.